The second kappa shape index (κ2) is 5.83. The molecule has 88 valence electrons. The Balaban J connectivity index is 2.84. The number of rotatable bonds is 5. The molecule has 1 atom stereocenters. The summed E-state index contributed by atoms with van der Waals surface area (Å²) in [6, 6.07) is 10.1. The Bertz CT molecular complexity index is 335. The molecule has 0 saturated carbocycles. The normalized spacial score (nSPS) is 13.5. The van der Waals surface area contributed by atoms with Crippen LogP contribution in [0, 0.1) is 0 Å². The lowest BCUT2D eigenvalue weighted by Gasteiger charge is -2.24. The Labute approximate surface area is 109 Å². The summed E-state index contributed by atoms with van der Waals surface area (Å²) in [7, 11) is -1.01. The van der Waals surface area contributed by atoms with Gasteiger partial charge in [-0.25, -0.2) is 0 Å². The summed E-state index contributed by atoms with van der Waals surface area (Å²) in [5, 5.41) is 0. The molecule has 0 aliphatic rings. The quantitative estimate of drug-likeness (QED) is 0.501. The summed E-state index contributed by atoms with van der Waals surface area (Å²) in [4.78, 5) is 0. The van der Waals surface area contributed by atoms with Crippen LogP contribution >= 0.6 is 15.9 Å². The van der Waals surface area contributed by atoms with Crippen molar-refractivity contribution in [2.45, 2.75) is 38.0 Å². The van der Waals surface area contributed by atoms with E-state index < -0.39 is 8.07 Å². The molecule has 1 unspecified atom stereocenters. The fourth-order valence-electron chi connectivity index (χ4n) is 2.01. The summed E-state index contributed by atoms with van der Waals surface area (Å²) in [5.74, 6) is 0.650. The minimum absolute atomic E-state index is 0.650. The van der Waals surface area contributed by atoms with E-state index in [2.05, 4.69) is 66.4 Å². The molecule has 0 heterocycles. The Kier molecular flexibility index (Phi) is 5.00. The number of benzene rings is 1. The lowest BCUT2D eigenvalue weighted by molar-refractivity contribution is 0.766. The largest absolute Gasteiger partial charge is 0.103 e. The van der Waals surface area contributed by atoms with E-state index in [0.717, 1.165) is 10.9 Å². The highest BCUT2D eigenvalue weighted by Gasteiger charge is 2.20. The minimum atomic E-state index is -1.01. The molecular formula is C14H21BrSi. The molecule has 2 heteroatoms. The lowest BCUT2D eigenvalue weighted by atomic mass is 9.98. The second-order valence-corrected chi connectivity index (χ2v) is 12.0. The van der Waals surface area contributed by atoms with E-state index in [4.69, 9.17) is 0 Å². The van der Waals surface area contributed by atoms with E-state index in [1.165, 1.54) is 11.6 Å². The van der Waals surface area contributed by atoms with Gasteiger partial charge in [0.2, 0.25) is 0 Å². The maximum atomic E-state index is 3.88. The summed E-state index contributed by atoms with van der Waals surface area (Å²) >= 11 is 3.48. The molecule has 0 amide bonds. The van der Waals surface area contributed by atoms with Gasteiger partial charge >= 0.3 is 0 Å². The first-order chi connectivity index (χ1) is 7.42. The SMILES string of the molecule is C=CCC(C[Si](C)(C)C)c1ccc(Br)cc1. The zero-order chi connectivity index (χ0) is 12.2. The zero-order valence-electron chi connectivity index (χ0n) is 10.5. The van der Waals surface area contributed by atoms with Gasteiger partial charge < -0.3 is 0 Å². The van der Waals surface area contributed by atoms with E-state index >= 15 is 0 Å². The van der Waals surface area contributed by atoms with Crippen molar-refractivity contribution < 1.29 is 0 Å². The van der Waals surface area contributed by atoms with Gasteiger partial charge in [-0.2, -0.15) is 0 Å². The first kappa shape index (κ1) is 13.7. The van der Waals surface area contributed by atoms with Crippen molar-refractivity contribution in [3.8, 4) is 0 Å². The minimum Gasteiger partial charge on any atom is -0.103 e. The predicted molar refractivity (Wildman–Crippen MR) is 79.9 cm³/mol. The van der Waals surface area contributed by atoms with Crippen LogP contribution < -0.4 is 0 Å². The van der Waals surface area contributed by atoms with Gasteiger partial charge in [-0.05, 0) is 30.0 Å². The number of halogens is 1. The zero-order valence-corrected chi connectivity index (χ0v) is 13.0. The molecule has 0 radical (unpaired) electrons. The van der Waals surface area contributed by atoms with Crippen LogP contribution in [-0.2, 0) is 0 Å². The van der Waals surface area contributed by atoms with Gasteiger partial charge in [-0.15, -0.1) is 6.58 Å². The van der Waals surface area contributed by atoms with Gasteiger partial charge in [0.1, 0.15) is 0 Å². The van der Waals surface area contributed by atoms with Gasteiger partial charge in [-0.3, -0.25) is 0 Å². The number of hydrogen-bond acceptors (Lipinski definition) is 0. The molecule has 1 aromatic rings. The van der Waals surface area contributed by atoms with Crippen LogP contribution in [-0.4, -0.2) is 8.07 Å². The van der Waals surface area contributed by atoms with Gasteiger partial charge in [0.15, 0.2) is 0 Å². The molecule has 0 nitrogen and oxygen atoms in total. The van der Waals surface area contributed by atoms with Crippen LogP contribution in [0.4, 0.5) is 0 Å². The highest BCUT2D eigenvalue weighted by molar-refractivity contribution is 9.10. The Morgan fingerprint density at radius 3 is 2.25 bits per heavy atom. The third kappa shape index (κ3) is 4.66. The summed E-state index contributed by atoms with van der Waals surface area (Å²) in [6.07, 6.45) is 3.14. The van der Waals surface area contributed by atoms with E-state index in [-0.39, 0.29) is 0 Å². The molecule has 0 N–H and O–H groups in total. The molecular weight excluding hydrogens is 276 g/mol. The molecule has 0 aliphatic heterocycles. The van der Waals surface area contributed by atoms with Crippen molar-refractivity contribution in [3.05, 3.63) is 47.0 Å². The van der Waals surface area contributed by atoms with Crippen molar-refractivity contribution in [1.29, 1.82) is 0 Å². The smallest absolute Gasteiger partial charge is 0.0448 e. The van der Waals surface area contributed by atoms with Gasteiger partial charge in [0, 0.05) is 12.5 Å². The van der Waals surface area contributed by atoms with Crippen LogP contribution in [0.25, 0.3) is 0 Å². The molecule has 1 aromatic carbocycles. The van der Waals surface area contributed by atoms with Crippen molar-refractivity contribution >= 4 is 24.0 Å². The van der Waals surface area contributed by atoms with Crippen molar-refractivity contribution in [2.24, 2.45) is 0 Å². The van der Waals surface area contributed by atoms with E-state index in [1.54, 1.807) is 0 Å². The molecule has 0 spiro atoms. The molecule has 16 heavy (non-hydrogen) atoms. The first-order valence-corrected chi connectivity index (χ1v) is 10.3. The number of allylic oxidation sites excluding steroid dienone is 1. The molecule has 0 bridgehead atoms. The second-order valence-electron chi connectivity index (χ2n) is 5.54. The molecule has 0 aromatic heterocycles. The van der Waals surface area contributed by atoms with Gasteiger partial charge in [0.05, 0.1) is 0 Å². The van der Waals surface area contributed by atoms with Crippen LogP contribution in [0.3, 0.4) is 0 Å². The average molecular weight is 297 g/mol. The van der Waals surface area contributed by atoms with E-state index in [1.807, 2.05) is 6.08 Å². The first-order valence-electron chi connectivity index (χ1n) is 5.79. The van der Waals surface area contributed by atoms with Crippen molar-refractivity contribution in [3.63, 3.8) is 0 Å². The molecule has 0 fully saturated rings. The highest BCUT2D eigenvalue weighted by Crippen LogP contribution is 2.30. The standard InChI is InChI=1S/C14H21BrSi/c1-5-6-13(11-16(2,3)4)12-7-9-14(15)10-8-12/h5,7-10,13H,1,6,11H2,2-4H3. The maximum Gasteiger partial charge on any atom is 0.0448 e. The Hall–Kier alpha value is -0.343. The highest BCUT2D eigenvalue weighted by atomic mass is 79.9. The monoisotopic (exact) mass is 296 g/mol. The van der Waals surface area contributed by atoms with Crippen molar-refractivity contribution in [2.75, 3.05) is 0 Å². The van der Waals surface area contributed by atoms with Crippen molar-refractivity contribution in [1.82, 2.24) is 0 Å². The summed E-state index contributed by atoms with van der Waals surface area (Å²) in [6.45, 7) is 11.2. The fourth-order valence-corrected chi connectivity index (χ4v) is 4.16. The summed E-state index contributed by atoms with van der Waals surface area (Å²) < 4.78 is 1.15. The van der Waals surface area contributed by atoms with E-state index in [0.29, 0.717) is 5.92 Å². The van der Waals surface area contributed by atoms with Gasteiger partial charge in [-0.1, -0.05) is 59.8 Å². The summed E-state index contributed by atoms with van der Waals surface area (Å²) in [5.41, 5.74) is 1.45. The molecule has 0 saturated heterocycles. The molecule has 0 aliphatic carbocycles. The Morgan fingerprint density at radius 2 is 1.81 bits per heavy atom. The maximum absolute atomic E-state index is 3.88. The van der Waals surface area contributed by atoms with Crippen LogP contribution in [0.1, 0.15) is 17.9 Å². The van der Waals surface area contributed by atoms with Crippen LogP contribution in [0.2, 0.25) is 25.7 Å². The third-order valence-electron chi connectivity index (χ3n) is 2.65. The third-order valence-corrected chi connectivity index (χ3v) is 4.90. The topological polar surface area (TPSA) is 0 Å². The van der Waals surface area contributed by atoms with Crippen LogP contribution in [0.5, 0.6) is 0 Å². The fraction of sp³-hybridized carbons (Fsp3) is 0.429. The lowest BCUT2D eigenvalue weighted by Crippen LogP contribution is -2.22. The van der Waals surface area contributed by atoms with Gasteiger partial charge in [0.25, 0.3) is 0 Å². The predicted octanol–water partition coefficient (Wildman–Crippen LogP) is 5.45. The molecule has 1 rings (SSSR count). The Morgan fingerprint density at radius 1 is 1.25 bits per heavy atom. The number of hydrogen-bond donors (Lipinski definition) is 0. The van der Waals surface area contributed by atoms with E-state index in [9.17, 15) is 0 Å². The average Bonchev–Trinajstić information content (AvgIpc) is 2.16. The van der Waals surface area contributed by atoms with Crippen LogP contribution in [0.15, 0.2) is 41.4 Å².